The predicted molar refractivity (Wildman–Crippen MR) is 124 cm³/mol. The van der Waals surface area contributed by atoms with Crippen molar-refractivity contribution in [1.82, 2.24) is 9.62 Å². The van der Waals surface area contributed by atoms with E-state index in [4.69, 9.17) is 4.74 Å². The molecule has 6 atom stereocenters. The van der Waals surface area contributed by atoms with Gasteiger partial charge in [-0.25, -0.2) is 12.8 Å². The molecular formula is C24H38FN3O5S. The van der Waals surface area contributed by atoms with Crippen molar-refractivity contribution in [3.05, 3.63) is 0 Å². The van der Waals surface area contributed by atoms with Crippen molar-refractivity contribution in [2.75, 3.05) is 13.2 Å². The Balaban J connectivity index is 1.42. The second-order valence-electron chi connectivity index (χ2n) is 10.7. The lowest BCUT2D eigenvalue weighted by atomic mass is 9.85. The zero-order chi connectivity index (χ0) is 24.3. The number of nitrogens with zero attached hydrogens (tertiary/aromatic N) is 2. The van der Waals surface area contributed by atoms with Gasteiger partial charge in [0.05, 0.1) is 36.2 Å². The fourth-order valence-corrected chi connectivity index (χ4v) is 8.63. The van der Waals surface area contributed by atoms with Crippen LogP contribution < -0.4 is 5.32 Å². The zero-order valence-electron chi connectivity index (χ0n) is 19.8. The van der Waals surface area contributed by atoms with E-state index in [1.807, 2.05) is 0 Å². The molecule has 10 heteroatoms. The van der Waals surface area contributed by atoms with Crippen molar-refractivity contribution >= 4 is 15.9 Å². The number of halogens is 1. The molecule has 0 aromatic carbocycles. The Morgan fingerprint density at radius 1 is 1.12 bits per heavy atom. The first-order chi connectivity index (χ1) is 16.3. The monoisotopic (exact) mass is 499 g/mol. The molecule has 1 amide bonds. The van der Waals surface area contributed by atoms with E-state index in [9.17, 15) is 28.0 Å². The molecule has 5 unspecified atom stereocenters. The second kappa shape index (κ2) is 11.2. The Morgan fingerprint density at radius 2 is 1.88 bits per heavy atom. The maximum Gasteiger partial charge on any atom is 0.220 e. The first-order valence-corrected chi connectivity index (χ1v) is 14.4. The number of nitriles is 1. The van der Waals surface area contributed by atoms with Gasteiger partial charge < -0.3 is 15.2 Å². The van der Waals surface area contributed by atoms with Crippen molar-refractivity contribution in [1.29, 1.82) is 5.26 Å². The molecule has 4 aliphatic rings. The molecule has 3 saturated carbocycles. The van der Waals surface area contributed by atoms with Crippen molar-refractivity contribution in [3.63, 3.8) is 0 Å². The van der Waals surface area contributed by atoms with Gasteiger partial charge >= 0.3 is 0 Å². The maximum absolute atomic E-state index is 13.7. The number of nitrogens with one attached hydrogen (secondary N) is 1. The summed E-state index contributed by atoms with van der Waals surface area (Å²) in [6.45, 7) is -0.150. The topological polar surface area (TPSA) is 120 Å². The highest BCUT2D eigenvalue weighted by molar-refractivity contribution is 7.89. The first kappa shape index (κ1) is 25.8. The molecule has 34 heavy (non-hydrogen) atoms. The smallest absolute Gasteiger partial charge is 0.220 e. The molecular weight excluding hydrogens is 461 g/mol. The Hall–Kier alpha value is -1.28. The van der Waals surface area contributed by atoms with Gasteiger partial charge in [0.1, 0.15) is 6.17 Å². The third kappa shape index (κ3) is 5.92. The standard InChI is InChI=1S/C24H38FN3O5S/c25-18-6-4-16(5-7-18)11-24(30)27-19-8-9-23-22(12-19)28(14-20(15-29)33-23)34(31,32)21-3-1-2-17(10-21)13-26/h16-23,29H,1-12,14-15H2,(H,27,30)/t16?,17?,18?,19?,20-,21?,22?,23?/m1/s1. The Kier molecular flexibility index (Phi) is 8.49. The molecule has 1 saturated heterocycles. The summed E-state index contributed by atoms with van der Waals surface area (Å²) in [4.78, 5) is 12.7. The van der Waals surface area contributed by atoms with Gasteiger partial charge in [0.2, 0.25) is 15.9 Å². The quantitative estimate of drug-likeness (QED) is 0.579. The van der Waals surface area contributed by atoms with Crippen molar-refractivity contribution < 1.29 is 27.4 Å². The van der Waals surface area contributed by atoms with E-state index in [1.165, 1.54) is 4.31 Å². The van der Waals surface area contributed by atoms with Crippen LogP contribution in [-0.4, -0.2) is 72.6 Å². The number of aliphatic hydroxyl groups is 1. The van der Waals surface area contributed by atoms with Crippen LogP contribution in [0, 0.1) is 23.2 Å². The molecule has 0 aromatic heterocycles. The van der Waals surface area contributed by atoms with Crippen LogP contribution >= 0.6 is 0 Å². The number of hydrogen-bond acceptors (Lipinski definition) is 6. The summed E-state index contributed by atoms with van der Waals surface area (Å²) in [5, 5.41) is 21.6. The highest BCUT2D eigenvalue weighted by atomic mass is 32.2. The second-order valence-corrected chi connectivity index (χ2v) is 12.8. The molecule has 192 valence electrons. The van der Waals surface area contributed by atoms with Crippen molar-refractivity contribution in [2.24, 2.45) is 11.8 Å². The van der Waals surface area contributed by atoms with Gasteiger partial charge in [-0.3, -0.25) is 4.79 Å². The Labute approximate surface area is 202 Å². The molecule has 0 spiro atoms. The number of ether oxygens (including phenoxy) is 1. The van der Waals surface area contributed by atoms with Gasteiger partial charge in [0.25, 0.3) is 0 Å². The van der Waals surface area contributed by atoms with Gasteiger partial charge in [-0.2, -0.15) is 9.57 Å². The van der Waals surface area contributed by atoms with Crippen LogP contribution in [0.25, 0.3) is 0 Å². The molecule has 0 aromatic rings. The van der Waals surface area contributed by atoms with Crippen LogP contribution in [0.5, 0.6) is 0 Å². The summed E-state index contributed by atoms with van der Waals surface area (Å²) in [7, 11) is -3.68. The number of rotatable bonds is 6. The summed E-state index contributed by atoms with van der Waals surface area (Å²) in [5.41, 5.74) is 0. The summed E-state index contributed by atoms with van der Waals surface area (Å²) in [6.07, 6.45) is 5.38. The van der Waals surface area contributed by atoms with E-state index in [-0.39, 0.29) is 43.0 Å². The van der Waals surface area contributed by atoms with Gasteiger partial charge in [-0.15, -0.1) is 0 Å². The molecule has 3 aliphatic carbocycles. The van der Waals surface area contributed by atoms with E-state index in [0.29, 0.717) is 57.8 Å². The normalized spacial score (nSPS) is 39.6. The number of alkyl halides is 1. The molecule has 1 heterocycles. The number of aliphatic hydroxyl groups excluding tert-OH is 1. The van der Waals surface area contributed by atoms with Crippen LogP contribution in [-0.2, 0) is 19.6 Å². The number of fused-ring (bicyclic) bond motifs is 1. The SMILES string of the molecule is N#CC1CCCC(S(=O)(=O)N2C[C@H](CO)OC3CCC(NC(=O)CC4CCC(F)CC4)CC32)C1. The number of carbonyl (C=O) groups is 1. The number of amides is 1. The average molecular weight is 500 g/mol. The molecule has 8 nitrogen and oxygen atoms in total. The van der Waals surface area contributed by atoms with Gasteiger partial charge in [0.15, 0.2) is 0 Å². The third-order valence-electron chi connectivity index (χ3n) is 8.25. The van der Waals surface area contributed by atoms with Crippen LogP contribution in [0.15, 0.2) is 0 Å². The highest BCUT2D eigenvalue weighted by Gasteiger charge is 2.48. The number of morpholine rings is 1. The Morgan fingerprint density at radius 3 is 2.59 bits per heavy atom. The fourth-order valence-electron chi connectivity index (χ4n) is 6.33. The van der Waals surface area contributed by atoms with Crippen LogP contribution in [0.2, 0.25) is 0 Å². The minimum absolute atomic E-state index is 0.0470. The molecule has 0 radical (unpaired) electrons. The average Bonchev–Trinajstić information content (AvgIpc) is 2.84. The van der Waals surface area contributed by atoms with Gasteiger partial charge in [-0.1, -0.05) is 6.42 Å². The summed E-state index contributed by atoms with van der Waals surface area (Å²) >= 11 is 0. The van der Waals surface area contributed by atoms with E-state index >= 15 is 0 Å². The zero-order valence-corrected chi connectivity index (χ0v) is 20.6. The number of hydrogen-bond donors (Lipinski definition) is 2. The maximum atomic E-state index is 13.7. The van der Waals surface area contributed by atoms with Crippen LogP contribution in [0.4, 0.5) is 4.39 Å². The number of carbonyl (C=O) groups excluding carboxylic acids is 1. The molecule has 0 bridgehead atoms. The van der Waals surface area contributed by atoms with Gasteiger partial charge in [-0.05, 0) is 70.1 Å². The predicted octanol–water partition coefficient (Wildman–Crippen LogP) is 2.42. The van der Waals surface area contributed by atoms with Crippen molar-refractivity contribution in [2.45, 2.75) is 113 Å². The minimum atomic E-state index is -3.68. The summed E-state index contributed by atoms with van der Waals surface area (Å²) in [6, 6.07) is 1.70. The van der Waals surface area contributed by atoms with Gasteiger partial charge in [0, 0.05) is 24.9 Å². The van der Waals surface area contributed by atoms with E-state index in [1.54, 1.807) is 0 Å². The third-order valence-corrected chi connectivity index (χ3v) is 10.6. The van der Waals surface area contributed by atoms with E-state index in [2.05, 4.69) is 11.4 Å². The lowest BCUT2D eigenvalue weighted by molar-refractivity contribution is -0.132. The van der Waals surface area contributed by atoms with E-state index < -0.39 is 33.6 Å². The van der Waals surface area contributed by atoms with E-state index in [0.717, 1.165) is 19.3 Å². The molecule has 4 fully saturated rings. The van der Waals surface area contributed by atoms with Crippen LogP contribution in [0.3, 0.4) is 0 Å². The summed E-state index contributed by atoms with van der Waals surface area (Å²) in [5.74, 6) is -0.0814. The lowest BCUT2D eigenvalue weighted by Crippen LogP contribution is -2.62. The van der Waals surface area contributed by atoms with Crippen LogP contribution in [0.1, 0.15) is 77.0 Å². The first-order valence-electron chi connectivity index (χ1n) is 12.9. The molecule has 1 aliphatic heterocycles. The fraction of sp³-hybridized carbons (Fsp3) is 0.917. The largest absolute Gasteiger partial charge is 0.394 e. The lowest BCUT2D eigenvalue weighted by Gasteiger charge is -2.48. The molecule has 4 rings (SSSR count). The minimum Gasteiger partial charge on any atom is -0.394 e. The Bertz CT molecular complexity index is 857. The van der Waals surface area contributed by atoms with Crippen molar-refractivity contribution in [3.8, 4) is 6.07 Å². The summed E-state index contributed by atoms with van der Waals surface area (Å²) < 4.78 is 48.3. The molecule has 2 N–H and O–H groups in total. The highest BCUT2D eigenvalue weighted by Crippen LogP contribution is 2.37. The number of sulfonamides is 1.